The summed E-state index contributed by atoms with van der Waals surface area (Å²) in [6.45, 7) is 1.43. The molecule has 140 valence electrons. The average molecular weight is 377 g/mol. The Morgan fingerprint density at radius 1 is 1.23 bits per heavy atom. The number of aromatic nitrogens is 2. The normalized spacial score (nSPS) is 17.5. The van der Waals surface area contributed by atoms with Gasteiger partial charge in [0.1, 0.15) is 6.04 Å². The Kier molecular flexibility index (Phi) is 6.63. The first kappa shape index (κ1) is 18.9. The number of piperidine rings is 1. The second kappa shape index (κ2) is 9.14. The molecule has 0 radical (unpaired) electrons. The summed E-state index contributed by atoms with van der Waals surface area (Å²) in [7, 11) is 0. The summed E-state index contributed by atoms with van der Waals surface area (Å²) >= 11 is 5.93. The Morgan fingerprint density at radius 3 is 2.81 bits per heavy atom. The van der Waals surface area contributed by atoms with Crippen LogP contribution in [0.2, 0.25) is 5.02 Å². The molecule has 0 unspecified atom stereocenters. The molecule has 0 saturated carbocycles. The number of benzene rings is 1. The second-order valence-electron chi connectivity index (χ2n) is 6.66. The van der Waals surface area contributed by atoms with Crippen LogP contribution in [0.15, 0.2) is 28.8 Å². The fraction of sp³-hybridized carbons (Fsp3) is 0.526. The first-order valence-electron chi connectivity index (χ1n) is 9.28. The second-order valence-corrected chi connectivity index (χ2v) is 7.10. The van der Waals surface area contributed by atoms with Gasteiger partial charge in [0.15, 0.2) is 0 Å². The summed E-state index contributed by atoms with van der Waals surface area (Å²) in [4.78, 5) is 19.1. The van der Waals surface area contributed by atoms with E-state index in [0.29, 0.717) is 29.7 Å². The van der Waals surface area contributed by atoms with Crippen molar-refractivity contribution in [2.45, 2.75) is 51.0 Å². The minimum Gasteiger partial charge on any atom is -0.337 e. The number of hydrogen-bond acceptors (Lipinski definition) is 5. The molecule has 1 saturated heterocycles. The zero-order valence-electron chi connectivity index (χ0n) is 14.9. The number of halogens is 1. The van der Waals surface area contributed by atoms with Crippen LogP contribution in [-0.4, -0.2) is 34.0 Å². The molecule has 2 heterocycles. The number of hydrogen-bond donors (Lipinski definition) is 1. The van der Waals surface area contributed by atoms with E-state index in [-0.39, 0.29) is 11.9 Å². The van der Waals surface area contributed by atoms with Crippen LogP contribution in [0.3, 0.4) is 0 Å². The summed E-state index contributed by atoms with van der Waals surface area (Å²) in [6, 6.07) is 7.19. The molecule has 1 atom stereocenters. The summed E-state index contributed by atoms with van der Waals surface area (Å²) < 4.78 is 5.51. The lowest BCUT2D eigenvalue weighted by atomic mass is 10.0. The van der Waals surface area contributed by atoms with Gasteiger partial charge in [-0.2, -0.15) is 4.98 Å². The van der Waals surface area contributed by atoms with E-state index in [4.69, 9.17) is 21.9 Å². The van der Waals surface area contributed by atoms with Crippen LogP contribution in [0.5, 0.6) is 0 Å². The Hall–Kier alpha value is -1.92. The Bertz CT molecular complexity index is 717. The lowest BCUT2D eigenvalue weighted by Gasteiger charge is -2.33. The van der Waals surface area contributed by atoms with Crippen molar-refractivity contribution >= 4 is 17.5 Å². The molecule has 1 aromatic heterocycles. The van der Waals surface area contributed by atoms with Gasteiger partial charge in [-0.25, -0.2) is 0 Å². The molecule has 0 aliphatic carbocycles. The SMILES string of the molecule is NCCCCCC(=O)N1CCCC[C@H]1c1nc(-c2ccc(Cl)cc2)no1. The van der Waals surface area contributed by atoms with Crippen molar-refractivity contribution in [1.82, 2.24) is 15.0 Å². The molecule has 26 heavy (non-hydrogen) atoms. The molecular formula is C19H25ClN4O2. The molecule has 7 heteroatoms. The number of amides is 1. The van der Waals surface area contributed by atoms with E-state index in [2.05, 4.69) is 10.1 Å². The first-order chi connectivity index (χ1) is 12.7. The van der Waals surface area contributed by atoms with Gasteiger partial charge in [-0.3, -0.25) is 4.79 Å². The predicted octanol–water partition coefficient (Wildman–Crippen LogP) is 3.96. The van der Waals surface area contributed by atoms with Crippen LogP contribution in [0, 0.1) is 0 Å². The van der Waals surface area contributed by atoms with E-state index >= 15 is 0 Å². The number of nitrogens with two attached hydrogens (primary N) is 1. The standard InChI is InChI=1S/C19H25ClN4O2/c20-15-10-8-14(9-11-15)18-22-19(26-23-18)16-6-3-5-13-24(16)17(25)7-2-1-4-12-21/h8-11,16H,1-7,12-13,21H2/t16-/m0/s1. The van der Waals surface area contributed by atoms with Crippen LogP contribution in [-0.2, 0) is 4.79 Å². The molecule has 1 fully saturated rings. The third-order valence-electron chi connectivity index (χ3n) is 4.75. The topological polar surface area (TPSA) is 85.3 Å². The number of rotatable bonds is 7. The number of carbonyl (C=O) groups is 1. The lowest BCUT2D eigenvalue weighted by molar-refractivity contribution is -0.135. The van der Waals surface area contributed by atoms with E-state index < -0.39 is 0 Å². The highest BCUT2D eigenvalue weighted by Gasteiger charge is 2.31. The van der Waals surface area contributed by atoms with Crippen molar-refractivity contribution in [2.75, 3.05) is 13.1 Å². The molecular weight excluding hydrogens is 352 g/mol. The predicted molar refractivity (Wildman–Crippen MR) is 101 cm³/mol. The van der Waals surface area contributed by atoms with E-state index in [1.807, 2.05) is 17.0 Å². The molecule has 1 aromatic carbocycles. The zero-order valence-corrected chi connectivity index (χ0v) is 15.6. The number of carbonyl (C=O) groups excluding carboxylic acids is 1. The largest absolute Gasteiger partial charge is 0.337 e. The summed E-state index contributed by atoms with van der Waals surface area (Å²) in [6.07, 6.45) is 6.31. The van der Waals surface area contributed by atoms with Gasteiger partial charge in [0.05, 0.1) is 0 Å². The molecule has 3 rings (SSSR count). The Balaban J connectivity index is 1.69. The van der Waals surface area contributed by atoms with Crippen LogP contribution in [0.4, 0.5) is 0 Å². The van der Waals surface area contributed by atoms with Crippen molar-refractivity contribution in [2.24, 2.45) is 5.73 Å². The van der Waals surface area contributed by atoms with Crippen molar-refractivity contribution < 1.29 is 9.32 Å². The molecule has 1 aliphatic heterocycles. The molecule has 2 aromatic rings. The Labute approximate surface area is 158 Å². The van der Waals surface area contributed by atoms with Crippen LogP contribution < -0.4 is 5.73 Å². The van der Waals surface area contributed by atoms with E-state index in [0.717, 1.165) is 50.6 Å². The van der Waals surface area contributed by atoms with Gasteiger partial charge in [0.25, 0.3) is 0 Å². The third-order valence-corrected chi connectivity index (χ3v) is 5.00. The van der Waals surface area contributed by atoms with Gasteiger partial charge in [0.2, 0.25) is 17.6 Å². The smallest absolute Gasteiger partial charge is 0.249 e. The van der Waals surface area contributed by atoms with E-state index in [1.54, 1.807) is 12.1 Å². The Morgan fingerprint density at radius 2 is 2.04 bits per heavy atom. The summed E-state index contributed by atoms with van der Waals surface area (Å²) in [5.74, 6) is 1.21. The minimum atomic E-state index is -0.126. The zero-order chi connectivity index (χ0) is 18.4. The van der Waals surface area contributed by atoms with Crippen molar-refractivity contribution in [3.05, 3.63) is 35.2 Å². The quantitative estimate of drug-likeness (QED) is 0.739. The third kappa shape index (κ3) is 4.62. The minimum absolute atomic E-state index is 0.126. The molecule has 0 bridgehead atoms. The number of unbranched alkanes of at least 4 members (excludes halogenated alkanes) is 2. The molecule has 1 amide bonds. The van der Waals surface area contributed by atoms with Crippen molar-refractivity contribution in [3.63, 3.8) is 0 Å². The monoisotopic (exact) mass is 376 g/mol. The van der Waals surface area contributed by atoms with Gasteiger partial charge in [-0.1, -0.05) is 23.2 Å². The fourth-order valence-electron chi connectivity index (χ4n) is 3.31. The highest BCUT2D eigenvalue weighted by molar-refractivity contribution is 6.30. The lowest BCUT2D eigenvalue weighted by Crippen LogP contribution is -2.38. The van der Waals surface area contributed by atoms with Gasteiger partial charge in [-0.15, -0.1) is 0 Å². The molecule has 1 aliphatic rings. The van der Waals surface area contributed by atoms with Crippen molar-refractivity contribution in [1.29, 1.82) is 0 Å². The van der Waals surface area contributed by atoms with Crippen LogP contribution in [0.1, 0.15) is 56.9 Å². The van der Waals surface area contributed by atoms with Crippen LogP contribution in [0.25, 0.3) is 11.4 Å². The maximum atomic E-state index is 12.6. The van der Waals surface area contributed by atoms with E-state index in [1.165, 1.54) is 0 Å². The van der Waals surface area contributed by atoms with Gasteiger partial charge in [-0.05, 0) is 62.9 Å². The van der Waals surface area contributed by atoms with Gasteiger partial charge in [0, 0.05) is 23.6 Å². The maximum Gasteiger partial charge on any atom is 0.249 e. The number of likely N-dealkylation sites (tertiary alicyclic amines) is 1. The first-order valence-corrected chi connectivity index (χ1v) is 9.66. The summed E-state index contributed by atoms with van der Waals surface area (Å²) in [5, 5.41) is 4.75. The van der Waals surface area contributed by atoms with Crippen molar-refractivity contribution in [3.8, 4) is 11.4 Å². The van der Waals surface area contributed by atoms with Crippen LogP contribution >= 0.6 is 11.6 Å². The van der Waals surface area contributed by atoms with Gasteiger partial charge < -0.3 is 15.2 Å². The molecule has 6 nitrogen and oxygen atoms in total. The highest BCUT2D eigenvalue weighted by atomic mass is 35.5. The average Bonchev–Trinajstić information content (AvgIpc) is 3.16. The summed E-state index contributed by atoms with van der Waals surface area (Å²) in [5.41, 5.74) is 6.36. The van der Waals surface area contributed by atoms with E-state index in [9.17, 15) is 4.79 Å². The van der Waals surface area contributed by atoms with Gasteiger partial charge >= 0.3 is 0 Å². The number of nitrogens with zero attached hydrogens (tertiary/aromatic N) is 3. The molecule has 2 N–H and O–H groups in total. The molecule has 0 spiro atoms. The maximum absolute atomic E-state index is 12.6. The highest BCUT2D eigenvalue weighted by Crippen LogP contribution is 2.32. The fourth-order valence-corrected chi connectivity index (χ4v) is 3.44.